The third-order valence-electron chi connectivity index (χ3n) is 3.29. The molecule has 1 aliphatic heterocycles. The fourth-order valence-electron chi connectivity index (χ4n) is 2.19. The summed E-state index contributed by atoms with van der Waals surface area (Å²) in [6.45, 7) is 4.12. The van der Waals surface area contributed by atoms with Gasteiger partial charge in [0.1, 0.15) is 11.5 Å². The van der Waals surface area contributed by atoms with Crippen LogP contribution in [0, 0.1) is 0 Å². The van der Waals surface area contributed by atoms with Crippen LogP contribution in [0.3, 0.4) is 0 Å². The number of carbonyl (C=O) groups is 1. The van der Waals surface area contributed by atoms with Gasteiger partial charge in [0, 0.05) is 32.2 Å². The van der Waals surface area contributed by atoms with E-state index in [-0.39, 0.29) is 5.78 Å². The van der Waals surface area contributed by atoms with E-state index in [1.54, 1.807) is 32.4 Å². The summed E-state index contributed by atoms with van der Waals surface area (Å²) < 4.78 is 10.4. The summed E-state index contributed by atoms with van der Waals surface area (Å²) in [5, 5.41) is 3.27. The number of benzene rings is 1. The summed E-state index contributed by atoms with van der Waals surface area (Å²) >= 11 is 0. The fraction of sp³-hybridized carbons (Fsp3) is 0.500. The van der Waals surface area contributed by atoms with Gasteiger partial charge < -0.3 is 14.8 Å². The van der Waals surface area contributed by atoms with Crippen LogP contribution >= 0.6 is 0 Å². The number of ketones is 1. The van der Waals surface area contributed by atoms with Crippen molar-refractivity contribution < 1.29 is 14.3 Å². The Morgan fingerprint density at radius 3 is 2.63 bits per heavy atom. The molecule has 1 aromatic rings. The Kier molecular flexibility index (Phi) is 4.76. The molecule has 0 amide bonds. The number of methoxy groups -OCH3 is 2. The highest BCUT2D eigenvalue weighted by Gasteiger charge is 2.18. The van der Waals surface area contributed by atoms with Crippen molar-refractivity contribution in [2.75, 3.05) is 46.9 Å². The molecule has 0 spiro atoms. The Morgan fingerprint density at radius 1 is 1.26 bits per heavy atom. The number of nitrogens with zero attached hydrogens (tertiary/aromatic N) is 1. The molecule has 19 heavy (non-hydrogen) atoms. The molecule has 1 aliphatic rings. The summed E-state index contributed by atoms with van der Waals surface area (Å²) in [6, 6.07) is 5.29. The SMILES string of the molecule is COc1ccc(C(=O)CN2CCNCC2)c(OC)c1. The van der Waals surface area contributed by atoms with E-state index in [0.717, 1.165) is 26.2 Å². The van der Waals surface area contributed by atoms with E-state index in [9.17, 15) is 4.79 Å². The summed E-state index contributed by atoms with van der Waals surface area (Å²) in [5.74, 6) is 1.34. The lowest BCUT2D eigenvalue weighted by atomic mass is 10.1. The quantitative estimate of drug-likeness (QED) is 0.797. The van der Waals surface area contributed by atoms with Crippen LogP contribution in [0.25, 0.3) is 0 Å². The van der Waals surface area contributed by atoms with Crippen LogP contribution in [-0.4, -0.2) is 57.6 Å². The Hall–Kier alpha value is -1.59. The summed E-state index contributed by atoms with van der Waals surface area (Å²) in [5.41, 5.74) is 0.613. The maximum Gasteiger partial charge on any atom is 0.180 e. The smallest absolute Gasteiger partial charge is 0.180 e. The second kappa shape index (κ2) is 6.54. The molecular formula is C14H20N2O3. The van der Waals surface area contributed by atoms with E-state index >= 15 is 0 Å². The molecule has 0 radical (unpaired) electrons. The molecular weight excluding hydrogens is 244 g/mol. The van der Waals surface area contributed by atoms with Crippen molar-refractivity contribution in [3.8, 4) is 11.5 Å². The second-order valence-electron chi connectivity index (χ2n) is 4.52. The van der Waals surface area contributed by atoms with Gasteiger partial charge in [0.15, 0.2) is 5.78 Å². The molecule has 2 rings (SSSR count). The minimum Gasteiger partial charge on any atom is -0.497 e. The Labute approximate surface area is 113 Å². The zero-order valence-corrected chi connectivity index (χ0v) is 11.4. The van der Waals surface area contributed by atoms with E-state index in [4.69, 9.17) is 9.47 Å². The van der Waals surface area contributed by atoms with Gasteiger partial charge in [-0.25, -0.2) is 0 Å². The van der Waals surface area contributed by atoms with Crippen molar-refractivity contribution in [1.82, 2.24) is 10.2 Å². The number of carbonyl (C=O) groups excluding carboxylic acids is 1. The first-order valence-corrected chi connectivity index (χ1v) is 6.43. The van der Waals surface area contributed by atoms with Crippen LogP contribution in [0.4, 0.5) is 0 Å². The van der Waals surface area contributed by atoms with Gasteiger partial charge in [-0.1, -0.05) is 0 Å². The van der Waals surface area contributed by atoms with Gasteiger partial charge in [-0.3, -0.25) is 9.69 Å². The number of piperazine rings is 1. The van der Waals surface area contributed by atoms with E-state index in [1.165, 1.54) is 0 Å². The van der Waals surface area contributed by atoms with Crippen LogP contribution in [0.5, 0.6) is 11.5 Å². The van der Waals surface area contributed by atoms with E-state index in [0.29, 0.717) is 23.6 Å². The third kappa shape index (κ3) is 3.45. The van der Waals surface area contributed by atoms with E-state index in [2.05, 4.69) is 10.2 Å². The monoisotopic (exact) mass is 264 g/mol. The Bertz CT molecular complexity index is 442. The van der Waals surface area contributed by atoms with Crippen LogP contribution in [0.2, 0.25) is 0 Å². The van der Waals surface area contributed by atoms with Crippen LogP contribution in [0.1, 0.15) is 10.4 Å². The molecule has 104 valence electrons. The molecule has 0 saturated carbocycles. The minimum atomic E-state index is 0.0846. The average Bonchev–Trinajstić information content (AvgIpc) is 2.47. The molecule has 0 aliphatic carbocycles. The van der Waals surface area contributed by atoms with Gasteiger partial charge >= 0.3 is 0 Å². The highest BCUT2D eigenvalue weighted by molar-refractivity contribution is 6.00. The van der Waals surface area contributed by atoms with Gasteiger partial charge in [0.2, 0.25) is 0 Å². The largest absolute Gasteiger partial charge is 0.497 e. The van der Waals surface area contributed by atoms with Crippen molar-refractivity contribution in [1.29, 1.82) is 0 Å². The maximum absolute atomic E-state index is 12.3. The van der Waals surface area contributed by atoms with Gasteiger partial charge in [-0.2, -0.15) is 0 Å². The lowest BCUT2D eigenvalue weighted by Gasteiger charge is -2.26. The first kappa shape index (κ1) is 13.8. The number of hydrogen-bond acceptors (Lipinski definition) is 5. The summed E-state index contributed by atoms with van der Waals surface area (Å²) in [6.07, 6.45) is 0. The van der Waals surface area contributed by atoms with Crippen molar-refractivity contribution in [3.63, 3.8) is 0 Å². The maximum atomic E-state index is 12.3. The minimum absolute atomic E-state index is 0.0846. The number of rotatable bonds is 5. The molecule has 1 heterocycles. The van der Waals surface area contributed by atoms with Crippen molar-refractivity contribution in [2.45, 2.75) is 0 Å². The highest BCUT2D eigenvalue weighted by atomic mass is 16.5. The second-order valence-corrected chi connectivity index (χ2v) is 4.52. The normalized spacial score (nSPS) is 16.1. The van der Waals surface area contributed by atoms with Crippen LogP contribution < -0.4 is 14.8 Å². The molecule has 5 heteroatoms. The molecule has 0 unspecified atom stereocenters. The molecule has 5 nitrogen and oxygen atoms in total. The topological polar surface area (TPSA) is 50.8 Å². The van der Waals surface area contributed by atoms with Crippen LogP contribution in [0.15, 0.2) is 18.2 Å². The Balaban J connectivity index is 2.09. The van der Waals surface area contributed by atoms with Crippen LogP contribution in [-0.2, 0) is 0 Å². The third-order valence-corrected chi connectivity index (χ3v) is 3.29. The molecule has 0 aromatic heterocycles. The highest BCUT2D eigenvalue weighted by Crippen LogP contribution is 2.25. The number of nitrogens with one attached hydrogen (secondary N) is 1. The van der Waals surface area contributed by atoms with E-state index < -0.39 is 0 Å². The molecule has 1 N–H and O–H groups in total. The lowest BCUT2D eigenvalue weighted by molar-refractivity contribution is 0.0918. The number of Topliss-reactive ketones (excluding diaryl/α,β-unsaturated/α-hetero) is 1. The van der Waals surface area contributed by atoms with Gasteiger partial charge in [-0.15, -0.1) is 0 Å². The standard InChI is InChI=1S/C14H20N2O3/c1-18-11-3-4-12(14(9-11)19-2)13(17)10-16-7-5-15-6-8-16/h3-4,9,15H,5-8,10H2,1-2H3. The van der Waals surface area contributed by atoms with Gasteiger partial charge in [-0.05, 0) is 12.1 Å². The zero-order chi connectivity index (χ0) is 13.7. The average molecular weight is 264 g/mol. The number of ether oxygens (including phenoxy) is 2. The first-order chi connectivity index (χ1) is 9.24. The predicted octanol–water partition coefficient (Wildman–Crippen LogP) is 0.792. The van der Waals surface area contributed by atoms with Gasteiger partial charge in [0.25, 0.3) is 0 Å². The molecule has 1 aromatic carbocycles. The van der Waals surface area contributed by atoms with Gasteiger partial charge in [0.05, 0.1) is 26.3 Å². The molecule has 0 atom stereocenters. The first-order valence-electron chi connectivity index (χ1n) is 6.43. The zero-order valence-electron chi connectivity index (χ0n) is 11.4. The summed E-state index contributed by atoms with van der Waals surface area (Å²) in [7, 11) is 3.16. The summed E-state index contributed by atoms with van der Waals surface area (Å²) in [4.78, 5) is 14.5. The van der Waals surface area contributed by atoms with Crippen molar-refractivity contribution in [3.05, 3.63) is 23.8 Å². The molecule has 0 bridgehead atoms. The number of hydrogen-bond donors (Lipinski definition) is 1. The van der Waals surface area contributed by atoms with Crippen molar-refractivity contribution in [2.24, 2.45) is 0 Å². The molecule has 1 fully saturated rings. The van der Waals surface area contributed by atoms with Crippen molar-refractivity contribution >= 4 is 5.78 Å². The Morgan fingerprint density at radius 2 is 2.00 bits per heavy atom. The van der Waals surface area contributed by atoms with E-state index in [1.807, 2.05) is 0 Å². The lowest BCUT2D eigenvalue weighted by Crippen LogP contribution is -2.45. The molecule has 1 saturated heterocycles. The fourth-order valence-corrected chi connectivity index (χ4v) is 2.19. The predicted molar refractivity (Wildman–Crippen MR) is 73.2 cm³/mol.